The number of alkyl halides is 3. The Bertz CT molecular complexity index is 502. The van der Waals surface area contributed by atoms with Gasteiger partial charge >= 0.3 is 12.1 Å². The Morgan fingerprint density at radius 2 is 2.09 bits per heavy atom. The molecule has 0 aromatic carbocycles. The minimum atomic E-state index is -5.08. The maximum Gasteiger partial charge on any atom is 0.490 e. The molecule has 2 rings (SSSR count). The summed E-state index contributed by atoms with van der Waals surface area (Å²) in [7, 11) is 2.19. The van der Waals surface area contributed by atoms with Gasteiger partial charge in [0.05, 0.1) is 11.9 Å². The molecule has 1 aliphatic rings. The number of carboxylic acids is 1. The third-order valence-corrected chi connectivity index (χ3v) is 3.37. The fourth-order valence-electron chi connectivity index (χ4n) is 2.21. The maximum absolute atomic E-state index is 10.6. The smallest absolute Gasteiger partial charge is 0.475 e. The van der Waals surface area contributed by atoms with E-state index >= 15 is 0 Å². The van der Waals surface area contributed by atoms with Gasteiger partial charge in [-0.15, -0.1) is 0 Å². The van der Waals surface area contributed by atoms with E-state index in [9.17, 15) is 13.2 Å². The number of aromatic nitrogens is 2. The molecule has 2 N–H and O–H groups in total. The molecule has 0 saturated carbocycles. The van der Waals surface area contributed by atoms with Crippen LogP contribution < -0.4 is 5.32 Å². The molecule has 1 unspecified atom stereocenters. The molecular weight excluding hydrogens is 313 g/mol. The Labute approximate surface area is 133 Å². The molecule has 132 valence electrons. The van der Waals surface area contributed by atoms with Crippen LogP contribution in [0.25, 0.3) is 0 Å². The summed E-state index contributed by atoms with van der Waals surface area (Å²) in [6.45, 7) is 6.65. The van der Waals surface area contributed by atoms with Gasteiger partial charge in [0.1, 0.15) is 0 Å². The molecule has 0 amide bonds. The van der Waals surface area contributed by atoms with Crippen LogP contribution in [0.2, 0.25) is 0 Å². The second-order valence-corrected chi connectivity index (χ2v) is 5.85. The number of anilines is 1. The lowest BCUT2D eigenvalue weighted by Gasteiger charge is -2.30. The zero-order chi connectivity index (χ0) is 17.6. The van der Waals surface area contributed by atoms with Crippen molar-refractivity contribution in [1.82, 2.24) is 14.7 Å². The second kappa shape index (κ2) is 8.19. The highest BCUT2D eigenvalue weighted by Gasteiger charge is 2.38. The van der Waals surface area contributed by atoms with Crippen molar-refractivity contribution in [2.24, 2.45) is 0 Å². The number of nitrogens with one attached hydrogen (secondary N) is 1. The summed E-state index contributed by atoms with van der Waals surface area (Å²) in [6, 6.07) is 1.01. The van der Waals surface area contributed by atoms with Crippen LogP contribution in [-0.2, 0) is 4.79 Å². The van der Waals surface area contributed by atoms with Crippen LogP contribution in [0.15, 0.2) is 12.4 Å². The highest BCUT2D eigenvalue weighted by atomic mass is 19.4. The standard InChI is InChI=1S/C12H22N4.C2HF3O2/c1-10(2)16-9-12(7-13-16)14-11-5-4-6-15(3)8-11;3-2(4,5)1(6)7/h7,9-11,14H,4-6,8H2,1-3H3;(H,6,7). The Morgan fingerprint density at radius 3 is 2.52 bits per heavy atom. The Morgan fingerprint density at radius 1 is 1.48 bits per heavy atom. The van der Waals surface area contributed by atoms with Crippen LogP contribution in [0, 0.1) is 0 Å². The summed E-state index contributed by atoms with van der Waals surface area (Å²) in [6.07, 6.45) is 1.48. The Hall–Kier alpha value is -1.77. The largest absolute Gasteiger partial charge is 0.490 e. The number of hydrogen-bond donors (Lipinski definition) is 2. The van der Waals surface area contributed by atoms with Crippen molar-refractivity contribution in [2.75, 3.05) is 25.5 Å². The number of likely N-dealkylation sites (N-methyl/N-ethyl adjacent to an activating group) is 1. The molecule has 1 atom stereocenters. The molecule has 1 fully saturated rings. The van der Waals surface area contributed by atoms with E-state index in [1.54, 1.807) is 0 Å². The lowest BCUT2D eigenvalue weighted by molar-refractivity contribution is -0.192. The van der Waals surface area contributed by atoms with Gasteiger partial charge in [-0.2, -0.15) is 18.3 Å². The molecule has 0 spiro atoms. The summed E-state index contributed by atoms with van der Waals surface area (Å²) in [5.74, 6) is -2.76. The molecular formula is C14H23F3N4O2. The number of aliphatic carboxylic acids is 1. The molecule has 2 heterocycles. The van der Waals surface area contributed by atoms with Crippen LogP contribution >= 0.6 is 0 Å². The number of hydrogen-bond acceptors (Lipinski definition) is 4. The number of rotatable bonds is 3. The predicted octanol–water partition coefficient (Wildman–Crippen LogP) is 2.60. The van der Waals surface area contributed by atoms with Crippen molar-refractivity contribution in [3.63, 3.8) is 0 Å². The average Bonchev–Trinajstić information content (AvgIpc) is 2.87. The number of likely N-dealkylation sites (tertiary alicyclic amines) is 1. The van der Waals surface area contributed by atoms with Gasteiger partial charge in [0.25, 0.3) is 0 Å². The van der Waals surface area contributed by atoms with E-state index in [1.165, 1.54) is 19.4 Å². The van der Waals surface area contributed by atoms with Crippen molar-refractivity contribution in [2.45, 2.75) is 44.9 Å². The number of nitrogens with zero attached hydrogens (tertiary/aromatic N) is 3. The van der Waals surface area contributed by atoms with Crippen molar-refractivity contribution < 1.29 is 23.1 Å². The molecule has 1 saturated heterocycles. The molecule has 1 aromatic rings. The highest BCUT2D eigenvalue weighted by Crippen LogP contribution is 2.16. The first-order chi connectivity index (χ1) is 10.6. The van der Waals surface area contributed by atoms with Gasteiger partial charge in [0, 0.05) is 24.8 Å². The summed E-state index contributed by atoms with van der Waals surface area (Å²) in [5, 5.41) is 15.0. The van der Waals surface area contributed by atoms with Gasteiger partial charge in [0.2, 0.25) is 0 Å². The second-order valence-electron chi connectivity index (χ2n) is 5.85. The van der Waals surface area contributed by atoms with E-state index in [2.05, 4.69) is 42.4 Å². The molecule has 23 heavy (non-hydrogen) atoms. The van der Waals surface area contributed by atoms with E-state index in [0.717, 1.165) is 12.2 Å². The van der Waals surface area contributed by atoms with Crippen LogP contribution in [-0.4, -0.2) is 58.1 Å². The van der Waals surface area contributed by atoms with E-state index in [1.807, 2.05) is 10.9 Å². The molecule has 1 aliphatic heterocycles. The lowest BCUT2D eigenvalue weighted by Crippen LogP contribution is -2.39. The maximum atomic E-state index is 10.6. The number of halogens is 3. The van der Waals surface area contributed by atoms with Crippen LogP contribution in [0.3, 0.4) is 0 Å². The first-order valence-corrected chi connectivity index (χ1v) is 7.39. The van der Waals surface area contributed by atoms with Gasteiger partial charge in [-0.1, -0.05) is 0 Å². The highest BCUT2D eigenvalue weighted by molar-refractivity contribution is 5.73. The number of carbonyl (C=O) groups is 1. The summed E-state index contributed by atoms with van der Waals surface area (Å²) < 4.78 is 33.7. The predicted molar refractivity (Wildman–Crippen MR) is 80.4 cm³/mol. The quantitative estimate of drug-likeness (QED) is 0.888. The van der Waals surface area contributed by atoms with E-state index < -0.39 is 12.1 Å². The minimum Gasteiger partial charge on any atom is -0.475 e. The molecule has 0 bridgehead atoms. The molecule has 6 nitrogen and oxygen atoms in total. The normalized spacial score (nSPS) is 19.2. The first-order valence-electron chi connectivity index (χ1n) is 7.39. The fourth-order valence-corrected chi connectivity index (χ4v) is 2.21. The molecule has 1 aromatic heterocycles. The van der Waals surface area contributed by atoms with Gasteiger partial charge in [0.15, 0.2) is 0 Å². The molecule has 9 heteroatoms. The van der Waals surface area contributed by atoms with Crippen LogP contribution in [0.1, 0.15) is 32.7 Å². The van der Waals surface area contributed by atoms with Crippen LogP contribution in [0.4, 0.5) is 18.9 Å². The van der Waals surface area contributed by atoms with Crippen molar-refractivity contribution >= 4 is 11.7 Å². The third kappa shape index (κ3) is 6.89. The van der Waals surface area contributed by atoms with Crippen LogP contribution in [0.5, 0.6) is 0 Å². The number of carboxylic acid groups (broad SMARTS) is 1. The Balaban J connectivity index is 0.000000322. The monoisotopic (exact) mass is 336 g/mol. The minimum absolute atomic E-state index is 0.435. The molecule has 0 radical (unpaired) electrons. The van der Waals surface area contributed by atoms with Crippen molar-refractivity contribution in [3.8, 4) is 0 Å². The van der Waals surface area contributed by atoms with Gasteiger partial charge < -0.3 is 15.3 Å². The van der Waals surface area contributed by atoms with Crippen molar-refractivity contribution in [3.05, 3.63) is 12.4 Å². The van der Waals surface area contributed by atoms with E-state index in [0.29, 0.717) is 12.1 Å². The summed E-state index contributed by atoms with van der Waals surface area (Å²) in [4.78, 5) is 11.3. The average molecular weight is 336 g/mol. The first kappa shape index (κ1) is 19.3. The fraction of sp³-hybridized carbons (Fsp3) is 0.714. The molecule has 0 aliphatic carbocycles. The topological polar surface area (TPSA) is 70.4 Å². The summed E-state index contributed by atoms with van der Waals surface area (Å²) in [5.41, 5.74) is 1.15. The van der Waals surface area contributed by atoms with Gasteiger partial charge in [-0.05, 0) is 40.3 Å². The SMILES string of the molecule is CC(C)n1cc(NC2CCCN(C)C2)cn1.O=C(O)C(F)(F)F. The van der Waals surface area contributed by atoms with Crippen molar-refractivity contribution in [1.29, 1.82) is 0 Å². The zero-order valence-corrected chi connectivity index (χ0v) is 13.5. The van der Waals surface area contributed by atoms with E-state index in [4.69, 9.17) is 9.90 Å². The van der Waals surface area contributed by atoms with Gasteiger partial charge in [-0.25, -0.2) is 4.79 Å². The third-order valence-electron chi connectivity index (χ3n) is 3.37. The summed E-state index contributed by atoms with van der Waals surface area (Å²) >= 11 is 0. The zero-order valence-electron chi connectivity index (χ0n) is 13.5. The lowest BCUT2D eigenvalue weighted by atomic mass is 10.1. The number of piperidine rings is 1. The van der Waals surface area contributed by atoms with Gasteiger partial charge in [-0.3, -0.25) is 4.68 Å². The van der Waals surface area contributed by atoms with E-state index in [-0.39, 0.29) is 0 Å². The Kier molecular flexibility index (Phi) is 6.86.